The average Bonchev–Trinajstić information content (AvgIpc) is 1.61. The lowest BCUT2D eigenvalue weighted by Crippen LogP contribution is -2.05. The molecule has 0 bridgehead atoms. The van der Waals surface area contributed by atoms with Gasteiger partial charge in [0.2, 0.25) is 0 Å². The Hall–Kier alpha value is -14.6. The zero-order valence-corrected chi connectivity index (χ0v) is 58.0. The third kappa shape index (κ3) is 10.9. The minimum Gasteiger partial charge on any atom is -0.309 e. The maximum absolute atomic E-state index is 11.6. The Bertz CT molecular complexity index is 6610. The van der Waals surface area contributed by atoms with E-state index in [1.54, 1.807) is 0 Å². The number of para-hydroxylation sites is 1. The van der Waals surface area contributed by atoms with Crippen LogP contribution in [0.2, 0.25) is 0 Å². The van der Waals surface area contributed by atoms with Gasteiger partial charge in [-0.25, -0.2) is 15.0 Å². The SMILES string of the molecule is N#Cc1cc(-c2ccc(-c3nc(-c4ccccc4)nc(-c4ccccc4-n4c5ccc(-c6ccccc6)cc5c5cc(-c6ccccc6)ccc54)n3)c(-n3c4ccc(-c5ccccc5)cc4c4cc(-c5ccccc5)ccc43)c2)ccc1-n1c2ccc(-c3ccccc3)cc2c2cc(-c3ccccc3)ccc21. The van der Waals surface area contributed by atoms with Gasteiger partial charge in [0.1, 0.15) is 6.07 Å². The molecular weight excluding hydrogens is 1300 g/mol. The molecule has 0 amide bonds. The number of nitriles is 1. The zero-order valence-electron chi connectivity index (χ0n) is 58.0. The lowest BCUT2D eigenvalue weighted by molar-refractivity contribution is 1.06. The second-order valence-corrected chi connectivity index (χ2v) is 27.4. The van der Waals surface area contributed by atoms with Gasteiger partial charge in [0.25, 0.3) is 0 Å². The summed E-state index contributed by atoms with van der Waals surface area (Å²) < 4.78 is 7.04. The molecule has 4 aromatic heterocycles. The van der Waals surface area contributed by atoms with E-state index in [2.05, 4.69) is 384 Å². The van der Waals surface area contributed by atoms with Crippen LogP contribution in [0, 0.1) is 11.3 Å². The summed E-state index contributed by atoms with van der Waals surface area (Å²) in [5.41, 5.74) is 27.1. The summed E-state index contributed by atoms with van der Waals surface area (Å²) in [6.07, 6.45) is 0. The molecule has 0 aliphatic carbocycles. The van der Waals surface area contributed by atoms with Crippen molar-refractivity contribution in [2.45, 2.75) is 0 Å². The van der Waals surface area contributed by atoms with Crippen LogP contribution in [0.5, 0.6) is 0 Å². The number of rotatable bonds is 13. The summed E-state index contributed by atoms with van der Waals surface area (Å²) in [4.78, 5) is 16.8. The van der Waals surface area contributed by atoms with Crippen LogP contribution in [0.4, 0.5) is 0 Å². The first-order chi connectivity index (χ1) is 53.0. The van der Waals surface area contributed by atoms with Crippen LogP contribution < -0.4 is 0 Å². The molecule has 0 aliphatic heterocycles. The Morgan fingerprint density at radius 2 is 0.439 bits per heavy atom. The number of hydrogen-bond acceptors (Lipinski definition) is 4. The highest BCUT2D eigenvalue weighted by molar-refractivity contribution is 6.15. The average molecular weight is 1360 g/mol. The van der Waals surface area contributed by atoms with E-state index in [0.29, 0.717) is 23.0 Å². The molecule has 20 rings (SSSR count). The topological polar surface area (TPSA) is 77.2 Å². The van der Waals surface area contributed by atoms with E-state index < -0.39 is 0 Å². The van der Waals surface area contributed by atoms with Gasteiger partial charge in [-0.1, -0.05) is 273 Å². The fraction of sp³-hybridized carbons (Fsp3) is 0. The second-order valence-electron chi connectivity index (χ2n) is 27.4. The molecule has 7 nitrogen and oxygen atoms in total. The van der Waals surface area contributed by atoms with Crippen LogP contribution in [0.1, 0.15) is 5.56 Å². The summed E-state index contributed by atoms with van der Waals surface area (Å²) in [5, 5.41) is 18.3. The summed E-state index contributed by atoms with van der Waals surface area (Å²) in [6, 6.07) is 139. The Morgan fingerprint density at radius 1 is 0.187 bits per heavy atom. The molecular formula is C100H63N7. The van der Waals surface area contributed by atoms with Crippen LogP contribution in [-0.4, -0.2) is 28.7 Å². The lowest BCUT2D eigenvalue weighted by atomic mass is 9.98. The van der Waals surface area contributed by atoms with Gasteiger partial charge < -0.3 is 13.7 Å². The number of aromatic nitrogens is 6. The van der Waals surface area contributed by atoms with Gasteiger partial charge in [-0.2, -0.15) is 5.26 Å². The van der Waals surface area contributed by atoms with Crippen molar-refractivity contribution in [1.82, 2.24) is 28.7 Å². The van der Waals surface area contributed by atoms with Gasteiger partial charge in [0.15, 0.2) is 17.5 Å². The van der Waals surface area contributed by atoms with Gasteiger partial charge >= 0.3 is 0 Å². The van der Waals surface area contributed by atoms with Crippen molar-refractivity contribution >= 4 is 65.4 Å². The summed E-state index contributed by atoms with van der Waals surface area (Å²) >= 11 is 0. The first kappa shape index (κ1) is 62.2. The van der Waals surface area contributed by atoms with Crippen molar-refractivity contribution in [3.8, 4) is 135 Å². The molecule has 7 heteroatoms. The predicted molar refractivity (Wildman–Crippen MR) is 442 cm³/mol. The smallest absolute Gasteiger partial charge is 0.166 e. The maximum Gasteiger partial charge on any atom is 0.166 e. The highest BCUT2D eigenvalue weighted by Gasteiger charge is 2.26. The highest BCUT2D eigenvalue weighted by Crippen LogP contribution is 2.45. The molecule has 16 aromatic carbocycles. The van der Waals surface area contributed by atoms with Crippen molar-refractivity contribution in [1.29, 1.82) is 5.26 Å². The van der Waals surface area contributed by atoms with Gasteiger partial charge in [0.05, 0.1) is 55.7 Å². The molecule has 0 aliphatic rings. The quantitative estimate of drug-likeness (QED) is 0.115. The minimum atomic E-state index is 0.495. The third-order valence-electron chi connectivity index (χ3n) is 21.2. The molecule has 107 heavy (non-hydrogen) atoms. The molecule has 0 saturated heterocycles. The van der Waals surface area contributed by atoms with Crippen LogP contribution in [0.25, 0.3) is 195 Å². The highest BCUT2D eigenvalue weighted by atomic mass is 15.1. The Labute approximate surface area is 618 Å². The number of benzene rings is 16. The summed E-state index contributed by atoms with van der Waals surface area (Å²) in [6.45, 7) is 0. The molecule has 0 fully saturated rings. The van der Waals surface area contributed by atoms with E-state index in [9.17, 15) is 5.26 Å². The third-order valence-corrected chi connectivity index (χ3v) is 21.2. The maximum atomic E-state index is 11.6. The summed E-state index contributed by atoms with van der Waals surface area (Å²) in [7, 11) is 0. The van der Waals surface area contributed by atoms with Gasteiger partial charge in [-0.05, 0) is 187 Å². The first-order valence-electron chi connectivity index (χ1n) is 36.2. The van der Waals surface area contributed by atoms with Gasteiger partial charge in [-0.3, -0.25) is 0 Å². The largest absolute Gasteiger partial charge is 0.309 e. The van der Waals surface area contributed by atoms with E-state index in [1.807, 2.05) is 18.2 Å². The molecule has 4 heterocycles. The zero-order chi connectivity index (χ0) is 70.9. The molecule has 0 atom stereocenters. The molecule has 20 aromatic rings. The van der Waals surface area contributed by atoms with Crippen molar-refractivity contribution < 1.29 is 0 Å². The van der Waals surface area contributed by atoms with Crippen molar-refractivity contribution in [3.05, 3.63) is 388 Å². The van der Waals surface area contributed by atoms with E-state index >= 15 is 0 Å². The van der Waals surface area contributed by atoms with E-state index in [4.69, 9.17) is 15.0 Å². The lowest BCUT2D eigenvalue weighted by Gasteiger charge is -2.18. The van der Waals surface area contributed by atoms with Crippen LogP contribution in [0.15, 0.2) is 382 Å². The fourth-order valence-electron chi connectivity index (χ4n) is 16.0. The number of fused-ring (bicyclic) bond motifs is 9. The first-order valence-corrected chi connectivity index (χ1v) is 36.2. The van der Waals surface area contributed by atoms with E-state index in [1.165, 1.54) is 0 Å². The number of hydrogen-bond donors (Lipinski definition) is 0. The minimum absolute atomic E-state index is 0.495. The van der Waals surface area contributed by atoms with E-state index in [-0.39, 0.29) is 0 Å². The number of nitrogens with zero attached hydrogens (tertiary/aromatic N) is 7. The summed E-state index contributed by atoms with van der Waals surface area (Å²) in [5.74, 6) is 1.55. The van der Waals surface area contributed by atoms with Crippen molar-refractivity contribution in [2.24, 2.45) is 0 Å². The molecule has 498 valence electrons. The molecule has 0 radical (unpaired) electrons. The van der Waals surface area contributed by atoms with Crippen LogP contribution in [0.3, 0.4) is 0 Å². The van der Waals surface area contributed by atoms with Crippen molar-refractivity contribution in [3.63, 3.8) is 0 Å². The van der Waals surface area contributed by atoms with Gasteiger partial charge in [-0.15, -0.1) is 0 Å². The second kappa shape index (κ2) is 26.0. The molecule has 0 N–H and O–H groups in total. The van der Waals surface area contributed by atoms with Crippen molar-refractivity contribution in [2.75, 3.05) is 0 Å². The van der Waals surface area contributed by atoms with E-state index in [0.717, 1.165) is 177 Å². The van der Waals surface area contributed by atoms with Gasteiger partial charge in [0, 0.05) is 49.0 Å². The standard InChI is InChI=1S/C100H63N7/c101-64-80-56-72(41-49-89(80)105-91-50-42-73(65-24-8-1-9-25-65)57-83(91)84-58-74(43-51-92(84)105)66-26-10-2-11-27-66)79-40-48-82(97(63-79)107-95-54-46-77(69-32-16-5-17-33-69)61-87(95)88-62-78(47-55-96(88)107)70-34-18-6-19-35-70)100-103-98(71-36-20-7-21-37-71)102-99(104-100)81-38-22-23-39-90(81)106-93-52-44-75(67-28-12-3-13-29-67)59-85(93)86-60-76(45-53-94(86)106)68-30-14-4-15-31-68/h1-63H. The van der Waals surface area contributed by atoms with Crippen LogP contribution in [-0.2, 0) is 0 Å². The normalized spacial score (nSPS) is 11.5. The Kier molecular flexibility index (Phi) is 15.1. The monoisotopic (exact) mass is 1360 g/mol. The molecule has 0 spiro atoms. The molecule has 0 unspecified atom stereocenters. The Balaban J connectivity index is 0.810. The predicted octanol–water partition coefficient (Wildman–Crippen LogP) is 25.7. The Morgan fingerprint density at radius 3 is 0.785 bits per heavy atom. The fourth-order valence-corrected chi connectivity index (χ4v) is 16.0. The van der Waals surface area contributed by atoms with Crippen LogP contribution >= 0.6 is 0 Å². The molecule has 0 saturated carbocycles.